The van der Waals surface area contributed by atoms with Gasteiger partial charge in [0.15, 0.2) is 0 Å². The van der Waals surface area contributed by atoms with Gasteiger partial charge in [-0.15, -0.1) is 11.3 Å². The first-order chi connectivity index (χ1) is 9.15. The van der Waals surface area contributed by atoms with E-state index in [0.29, 0.717) is 12.8 Å². The average Bonchev–Trinajstić information content (AvgIpc) is 2.85. The second-order valence-corrected chi connectivity index (χ2v) is 5.47. The SMILES string of the molecule is CC(C)NC(=O)CCc1csc(-c2cccnc2)n1. The predicted octanol–water partition coefficient (Wildman–Crippen LogP) is 2.66. The predicted molar refractivity (Wildman–Crippen MR) is 76.9 cm³/mol. The van der Waals surface area contributed by atoms with Gasteiger partial charge in [0.2, 0.25) is 5.91 Å². The van der Waals surface area contributed by atoms with Gasteiger partial charge in [0.25, 0.3) is 0 Å². The monoisotopic (exact) mass is 275 g/mol. The van der Waals surface area contributed by atoms with E-state index in [1.807, 2.05) is 31.4 Å². The topological polar surface area (TPSA) is 54.9 Å². The van der Waals surface area contributed by atoms with Crippen LogP contribution in [0.25, 0.3) is 10.6 Å². The standard InChI is InChI=1S/C14H17N3OS/c1-10(2)16-13(18)6-5-12-9-19-14(17-12)11-4-3-7-15-8-11/h3-4,7-10H,5-6H2,1-2H3,(H,16,18). The Hall–Kier alpha value is -1.75. The number of amides is 1. The molecule has 0 aliphatic heterocycles. The number of aryl methyl sites for hydroxylation is 1. The Balaban J connectivity index is 1.93. The zero-order valence-corrected chi connectivity index (χ0v) is 11.9. The molecule has 19 heavy (non-hydrogen) atoms. The Morgan fingerprint density at radius 1 is 1.47 bits per heavy atom. The van der Waals surface area contributed by atoms with E-state index in [1.54, 1.807) is 23.7 Å². The summed E-state index contributed by atoms with van der Waals surface area (Å²) in [5.41, 5.74) is 1.98. The first-order valence-electron chi connectivity index (χ1n) is 6.29. The van der Waals surface area contributed by atoms with Gasteiger partial charge in [-0.1, -0.05) is 0 Å². The zero-order chi connectivity index (χ0) is 13.7. The Kier molecular flexibility index (Phi) is 4.63. The average molecular weight is 275 g/mol. The number of carbonyl (C=O) groups is 1. The fourth-order valence-corrected chi connectivity index (χ4v) is 2.52. The molecule has 0 aliphatic rings. The maximum Gasteiger partial charge on any atom is 0.220 e. The molecule has 1 amide bonds. The molecule has 0 aromatic carbocycles. The molecule has 100 valence electrons. The highest BCUT2D eigenvalue weighted by molar-refractivity contribution is 7.13. The van der Waals surface area contributed by atoms with Gasteiger partial charge in [-0.05, 0) is 32.4 Å². The lowest BCUT2D eigenvalue weighted by atomic mass is 10.2. The number of nitrogens with one attached hydrogen (secondary N) is 1. The molecule has 2 rings (SSSR count). The summed E-state index contributed by atoms with van der Waals surface area (Å²) < 4.78 is 0. The molecule has 0 radical (unpaired) electrons. The van der Waals surface area contributed by atoms with Crippen LogP contribution in [-0.2, 0) is 11.2 Å². The normalized spacial score (nSPS) is 10.7. The summed E-state index contributed by atoms with van der Waals surface area (Å²) in [6.45, 7) is 3.92. The number of hydrogen-bond donors (Lipinski definition) is 1. The number of nitrogens with zero attached hydrogens (tertiary/aromatic N) is 2. The minimum atomic E-state index is 0.0749. The molecular formula is C14H17N3OS. The molecule has 2 aromatic heterocycles. The third kappa shape index (κ3) is 4.13. The minimum absolute atomic E-state index is 0.0749. The molecule has 0 saturated heterocycles. The Morgan fingerprint density at radius 3 is 3.00 bits per heavy atom. The Morgan fingerprint density at radius 2 is 2.32 bits per heavy atom. The van der Waals surface area contributed by atoms with Gasteiger partial charge in [0.05, 0.1) is 5.69 Å². The number of thiazole rings is 1. The maximum absolute atomic E-state index is 11.6. The van der Waals surface area contributed by atoms with Gasteiger partial charge in [-0.3, -0.25) is 9.78 Å². The molecule has 2 heterocycles. The minimum Gasteiger partial charge on any atom is -0.354 e. The van der Waals surface area contributed by atoms with Crippen molar-refractivity contribution in [3.63, 3.8) is 0 Å². The van der Waals surface area contributed by atoms with Crippen LogP contribution in [0.4, 0.5) is 0 Å². The summed E-state index contributed by atoms with van der Waals surface area (Å²) in [5.74, 6) is 0.0749. The van der Waals surface area contributed by atoms with Gasteiger partial charge >= 0.3 is 0 Å². The van der Waals surface area contributed by atoms with Crippen molar-refractivity contribution in [3.05, 3.63) is 35.6 Å². The fraction of sp³-hybridized carbons (Fsp3) is 0.357. The zero-order valence-electron chi connectivity index (χ0n) is 11.1. The smallest absolute Gasteiger partial charge is 0.220 e. The third-order valence-corrected chi connectivity index (χ3v) is 3.46. The van der Waals surface area contributed by atoms with Crippen molar-refractivity contribution >= 4 is 17.2 Å². The lowest BCUT2D eigenvalue weighted by molar-refractivity contribution is -0.121. The number of aromatic nitrogens is 2. The molecule has 0 bridgehead atoms. The van der Waals surface area contributed by atoms with Crippen LogP contribution >= 0.6 is 11.3 Å². The molecule has 1 N–H and O–H groups in total. The molecule has 0 aliphatic carbocycles. The van der Waals surface area contributed by atoms with E-state index in [0.717, 1.165) is 16.3 Å². The van der Waals surface area contributed by atoms with Crippen LogP contribution in [0.15, 0.2) is 29.9 Å². The molecule has 4 nitrogen and oxygen atoms in total. The molecule has 0 fully saturated rings. The van der Waals surface area contributed by atoms with Crippen molar-refractivity contribution in [2.45, 2.75) is 32.7 Å². The maximum atomic E-state index is 11.6. The molecule has 0 spiro atoms. The molecular weight excluding hydrogens is 258 g/mol. The van der Waals surface area contributed by atoms with Crippen LogP contribution in [0.1, 0.15) is 26.0 Å². The lowest BCUT2D eigenvalue weighted by Crippen LogP contribution is -2.30. The highest BCUT2D eigenvalue weighted by atomic mass is 32.1. The van der Waals surface area contributed by atoms with E-state index in [1.165, 1.54) is 0 Å². The van der Waals surface area contributed by atoms with E-state index in [-0.39, 0.29) is 11.9 Å². The Bertz CT molecular complexity index is 537. The summed E-state index contributed by atoms with van der Waals surface area (Å²) in [5, 5.41) is 5.83. The Labute approximate surface area is 116 Å². The van der Waals surface area contributed by atoms with Crippen molar-refractivity contribution in [2.75, 3.05) is 0 Å². The highest BCUT2D eigenvalue weighted by Gasteiger charge is 2.08. The van der Waals surface area contributed by atoms with E-state index in [2.05, 4.69) is 15.3 Å². The van der Waals surface area contributed by atoms with Gasteiger partial charge in [0.1, 0.15) is 5.01 Å². The summed E-state index contributed by atoms with van der Waals surface area (Å²) >= 11 is 1.59. The van der Waals surface area contributed by atoms with Gasteiger partial charge < -0.3 is 5.32 Å². The molecule has 0 saturated carbocycles. The third-order valence-electron chi connectivity index (χ3n) is 2.52. The molecule has 0 atom stereocenters. The van der Waals surface area contributed by atoms with Crippen molar-refractivity contribution in [2.24, 2.45) is 0 Å². The summed E-state index contributed by atoms with van der Waals surface area (Å²) in [6, 6.07) is 4.07. The van der Waals surface area contributed by atoms with Crippen molar-refractivity contribution in [3.8, 4) is 10.6 Å². The number of carbonyl (C=O) groups excluding carboxylic acids is 1. The first-order valence-corrected chi connectivity index (χ1v) is 7.17. The van der Waals surface area contributed by atoms with Crippen LogP contribution in [0.5, 0.6) is 0 Å². The first kappa shape index (κ1) is 13.7. The van der Waals surface area contributed by atoms with Crippen molar-refractivity contribution < 1.29 is 4.79 Å². The number of rotatable bonds is 5. The summed E-state index contributed by atoms with van der Waals surface area (Å²) in [6.07, 6.45) is 4.70. The van der Waals surface area contributed by atoms with E-state index >= 15 is 0 Å². The van der Waals surface area contributed by atoms with Crippen LogP contribution in [-0.4, -0.2) is 21.9 Å². The van der Waals surface area contributed by atoms with Crippen molar-refractivity contribution in [1.29, 1.82) is 0 Å². The number of hydrogen-bond acceptors (Lipinski definition) is 4. The summed E-state index contributed by atoms with van der Waals surface area (Å²) in [4.78, 5) is 20.2. The molecule has 0 unspecified atom stereocenters. The van der Waals surface area contributed by atoms with Gasteiger partial charge in [-0.2, -0.15) is 0 Å². The van der Waals surface area contributed by atoms with Crippen LogP contribution in [0.3, 0.4) is 0 Å². The molecule has 2 aromatic rings. The van der Waals surface area contributed by atoms with Crippen LogP contribution in [0, 0.1) is 0 Å². The second-order valence-electron chi connectivity index (χ2n) is 4.61. The summed E-state index contributed by atoms with van der Waals surface area (Å²) in [7, 11) is 0. The van der Waals surface area contributed by atoms with E-state index in [4.69, 9.17) is 0 Å². The van der Waals surface area contributed by atoms with Crippen LogP contribution < -0.4 is 5.32 Å². The molecule has 5 heteroatoms. The van der Waals surface area contributed by atoms with E-state index in [9.17, 15) is 4.79 Å². The quantitative estimate of drug-likeness (QED) is 0.912. The van der Waals surface area contributed by atoms with Gasteiger partial charge in [0, 0.05) is 35.8 Å². The van der Waals surface area contributed by atoms with Crippen molar-refractivity contribution in [1.82, 2.24) is 15.3 Å². The lowest BCUT2D eigenvalue weighted by Gasteiger charge is -2.06. The fourth-order valence-electron chi connectivity index (χ4n) is 1.68. The van der Waals surface area contributed by atoms with Crippen LogP contribution in [0.2, 0.25) is 0 Å². The second kappa shape index (κ2) is 6.43. The largest absolute Gasteiger partial charge is 0.354 e. The number of pyridine rings is 1. The van der Waals surface area contributed by atoms with E-state index < -0.39 is 0 Å². The highest BCUT2D eigenvalue weighted by Crippen LogP contribution is 2.23. The van der Waals surface area contributed by atoms with Gasteiger partial charge in [-0.25, -0.2) is 4.98 Å².